The zero-order chi connectivity index (χ0) is 22.9. The summed E-state index contributed by atoms with van der Waals surface area (Å²) >= 11 is 4.89. The SMILES string of the molecule is COCc1c(Br)c(C)nc(OCC(=O)N/N=C/c2ccc(Sc3ccccc3)o2)c1C#N. The second-order valence-corrected chi connectivity index (χ2v) is 8.24. The summed E-state index contributed by atoms with van der Waals surface area (Å²) in [7, 11) is 1.53. The van der Waals surface area contributed by atoms with E-state index in [0.29, 0.717) is 26.6 Å². The van der Waals surface area contributed by atoms with Crippen molar-refractivity contribution in [3.05, 3.63) is 69.5 Å². The fraction of sp³-hybridized carbons (Fsp3) is 0.182. The smallest absolute Gasteiger partial charge is 0.278 e. The molecule has 0 aliphatic carbocycles. The number of pyridine rings is 1. The normalized spacial score (nSPS) is 10.8. The number of hydrogen-bond donors (Lipinski definition) is 1. The number of rotatable bonds is 9. The van der Waals surface area contributed by atoms with Crippen molar-refractivity contribution in [2.24, 2.45) is 5.10 Å². The number of nitrogens with zero attached hydrogens (tertiary/aromatic N) is 3. The number of ether oxygens (including phenoxy) is 2. The minimum atomic E-state index is -0.508. The molecule has 0 radical (unpaired) electrons. The van der Waals surface area contributed by atoms with E-state index in [1.807, 2.05) is 36.4 Å². The number of aryl methyl sites for hydroxylation is 1. The highest BCUT2D eigenvalue weighted by molar-refractivity contribution is 9.10. The fourth-order valence-corrected chi connectivity index (χ4v) is 3.81. The van der Waals surface area contributed by atoms with Crippen LogP contribution in [0.2, 0.25) is 0 Å². The number of carbonyl (C=O) groups excluding carboxylic acids is 1. The van der Waals surface area contributed by atoms with Crippen LogP contribution >= 0.6 is 27.7 Å². The lowest BCUT2D eigenvalue weighted by atomic mass is 10.1. The summed E-state index contributed by atoms with van der Waals surface area (Å²) < 4.78 is 16.9. The topological polar surface area (TPSA) is 110 Å². The third-order valence-electron chi connectivity index (χ3n) is 4.05. The minimum absolute atomic E-state index is 0.0630. The molecule has 0 aliphatic rings. The molecular weight excluding hydrogens is 496 g/mol. The van der Waals surface area contributed by atoms with E-state index in [4.69, 9.17) is 13.9 Å². The molecule has 0 atom stereocenters. The molecule has 164 valence electrons. The van der Waals surface area contributed by atoms with E-state index in [9.17, 15) is 10.1 Å². The molecule has 0 aliphatic heterocycles. The number of carbonyl (C=O) groups is 1. The Bertz CT molecular complexity index is 1160. The van der Waals surface area contributed by atoms with Crippen LogP contribution in [0.15, 0.2) is 66.4 Å². The van der Waals surface area contributed by atoms with Crippen LogP contribution in [-0.2, 0) is 16.1 Å². The molecule has 1 aromatic carbocycles. The Balaban J connectivity index is 1.56. The van der Waals surface area contributed by atoms with E-state index in [2.05, 4.69) is 37.5 Å². The van der Waals surface area contributed by atoms with Crippen LogP contribution in [0.5, 0.6) is 5.88 Å². The summed E-state index contributed by atoms with van der Waals surface area (Å²) in [6.07, 6.45) is 1.40. The average Bonchev–Trinajstić information content (AvgIpc) is 3.23. The number of nitriles is 1. The molecule has 32 heavy (non-hydrogen) atoms. The van der Waals surface area contributed by atoms with Gasteiger partial charge in [-0.15, -0.1) is 0 Å². The van der Waals surface area contributed by atoms with Gasteiger partial charge < -0.3 is 13.9 Å². The number of hydrazone groups is 1. The first-order valence-corrected chi connectivity index (χ1v) is 11.0. The molecule has 0 bridgehead atoms. The highest BCUT2D eigenvalue weighted by Crippen LogP contribution is 2.30. The molecule has 0 spiro atoms. The van der Waals surface area contributed by atoms with Gasteiger partial charge in [0, 0.05) is 22.0 Å². The van der Waals surface area contributed by atoms with Gasteiger partial charge in [0.2, 0.25) is 5.88 Å². The van der Waals surface area contributed by atoms with Gasteiger partial charge in [-0.3, -0.25) is 4.79 Å². The van der Waals surface area contributed by atoms with Crippen molar-refractivity contribution in [3.8, 4) is 11.9 Å². The van der Waals surface area contributed by atoms with E-state index < -0.39 is 5.91 Å². The molecule has 3 aromatic rings. The lowest BCUT2D eigenvalue weighted by molar-refractivity contribution is -0.123. The van der Waals surface area contributed by atoms with Gasteiger partial charge >= 0.3 is 0 Å². The maximum Gasteiger partial charge on any atom is 0.278 e. The number of furan rings is 1. The van der Waals surface area contributed by atoms with Crippen LogP contribution in [0.4, 0.5) is 0 Å². The number of hydrogen-bond acceptors (Lipinski definition) is 8. The molecule has 1 amide bonds. The highest BCUT2D eigenvalue weighted by Gasteiger charge is 2.18. The Labute approximate surface area is 197 Å². The lowest BCUT2D eigenvalue weighted by Crippen LogP contribution is -2.25. The first-order chi connectivity index (χ1) is 15.5. The maximum atomic E-state index is 12.1. The Hall–Kier alpha value is -3.13. The summed E-state index contributed by atoms with van der Waals surface area (Å²) in [5.41, 5.74) is 3.79. The van der Waals surface area contributed by atoms with Crippen molar-refractivity contribution in [2.45, 2.75) is 23.5 Å². The molecule has 8 nitrogen and oxygen atoms in total. The van der Waals surface area contributed by atoms with Crippen molar-refractivity contribution >= 4 is 39.8 Å². The van der Waals surface area contributed by atoms with Gasteiger partial charge in [-0.05, 0) is 47.1 Å². The molecule has 0 unspecified atom stereocenters. The summed E-state index contributed by atoms with van der Waals surface area (Å²) in [6, 6.07) is 15.5. The van der Waals surface area contributed by atoms with E-state index in [0.717, 1.165) is 4.90 Å². The minimum Gasteiger partial charge on any atom is -0.467 e. The van der Waals surface area contributed by atoms with Gasteiger partial charge in [0.15, 0.2) is 11.7 Å². The number of nitrogens with one attached hydrogen (secondary N) is 1. The number of amides is 1. The summed E-state index contributed by atoms with van der Waals surface area (Å²) in [4.78, 5) is 17.4. The van der Waals surface area contributed by atoms with Gasteiger partial charge in [0.1, 0.15) is 17.4 Å². The van der Waals surface area contributed by atoms with Crippen molar-refractivity contribution in [1.82, 2.24) is 10.4 Å². The number of halogens is 1. The standard InChI is InChI=1S/C22H19BrN4O4S/c1-14-21(23)18(12-29-2)17(10-24)22(26-14)30-13-19(28)27-25-11-15-8-9-20(31-15)32-16-6-4-3-5-7-16/h3-9,11H,12-13H2,1-2H3,(H,27,28)/b25-11+. The van der Waals surface area contributed by atoms with Crippen molar-refractivity contribution < 1.29 is 18.7 Å². The van der Waals surface area contributed by atoms with Gasteiger partial charge in [-0.25, -0.2) is 10.4 Å². The van der Waals surface area contributed by atoms with Crippen LogP contribution < -0.4 is 10.2 Å². The van der Waals surface area contributed by atoms with Crippen LogP contribution in [0, 0.1) is 18.3 Å². The summed E-state index contributed by atoms with van der Waals surface area (Å²) in [5.74, 6) is 0.0464. The Morgan fingerprint density at radius 1 is 1.34 bits per heavy atom. The Morgan fingerprint density at radius 3 is 2.84 bits per heavy atom. The second kappa shape index (κ2) is 11.5. The zero-order valence-electron chi connectivity index (χ0n) is 17.3. The van der Waals surface area contributed by atoms with Gasteiger partial charge in [-0.1, -0.05) is 30.0 Å². The highest BCUT2D eigenvalue weighted by atomic mass is 79.9. The van der Waals surface area contributed by atoms with E-state index in [1.165, 1.54) is 25.1 Å². The number of benzene rings is 1. The molecule has 0 saturated carbocycles. The van der Waals surface area contributed by atoms with Crippen LogP contribution in [0.25, 0.3) is 0 Å². The first kappa shape index (κ1) is 23.5. The molecule has 10 heteroatoms. The van der Waals surface area contributed by atoms with E-state index in [-0.39, 0.29) is 24.7 Å². The third kappa shape index (κ3) is 6.20. The maximum absolute atomic E-state index is 12.1. The van der Waals surface area contributed by atoms with Crippen molar-refractivity contribution in [3.63, 3.8) is 0 Å². The van der Waals surface area contributed by atoms with Gasteiger partial charge in [0.25, 0.3) is 5.91 Å². The predicted octanol–water partition coefficient (Wildman–Crippen LogP) is 4.44. The van der Waals surface area contributed by atoms with Gasteiger partial charge in [-0.2, -0.15) is 10.4 Å². The van der Waals surface area contributed by atoms with Crippen LogP contribution in [0.1, 0.15) is 22.6 Å². The number of aromatic nitrogens is 1. The largest absolute Gasteiger partial charge is 0.467 e. The fourth-order valence-electron chi connectivity index (χ4n) is 2.61. The molecule has 2 heterocycles. The summed E-state index contributed by atoms with van der Waals surface area (Å²) in [6.45, 7) is 1.60. The lowest BCUT2D eigenvalue weighted by Gasteiger charge is -2.13. The quantitative estimate of drug-likeness (QED) is 0.331. The summed E-state index contributed by atoms with van der Waals surface area (Å²) in [5, 5.41) is 14.1. The Morgan fingerprint density at radius 2 is 2.12 bits per heavy atom. The molecule has 0 saturated heterocycles. The van der Waals surface area contributed by atoms with Crippen molar-refractivity contribution in [1.29, 1.82) is 5.26 Å². The molecule has 0 fully saturated rings. The Kier molecular flexibility index (Phi) is 8.44. The third-order valence-corrected chi connectivity index (χ3v) is 6.03. The molecule has 2 aromatic heterocycles. The number of methoxy groups -OCH3 is 1. The second-order valence-electron chi connectivity index (χ2n) is 6.37. The molecule has 3 rings (SSSR count). The van der Waals surface area contributed by atoms with Crippen molar-refractivity contribution in [2.75, 3.05) is 13.7 Å². The first-order valence-electron chi connectivity index (χ1n) is 9.37. The molecule has 1 N–H and O–H groups in total. The monoisotopic (exact) mass is 514 g/mol. The van der Waals surface area contributed by atoms with Crippen LogP contribution in [-0.4, -0.2) is 30.8 Å². The van der Waals surface area contributed by atoms with E-state index in [1.54, 1.807) is 13.0 Å². The zero-order valence-corrected chi connectivity index (χ0v) is 19.7. The predicted molar refractivity (Wildman–Crippen MR) is 123 cm³/mol. The molecular formula is C22H19BrN4O4S. The average molecular weight is 515 g/mol. The van der Waals surface area contributed by atoms with Crippen LogP contribution in [0.3, 0.4) is 0 Å². The van der Waals surface area contributed by atoms with Gasteiger partial charge in [0.05, 0.1) is 18.5 Å². The van der Waals surface area contributed by atoms with E-state index >= 15 is 0 Å².